The van der Waals surface area contributed by atoms with Gasteiger partial charge in [0.1, 0.15) is 5.82 Å². The molecule has 4 nitrogen and oxygen atoms in total. The van der Waals surface area contributed by atoms with E-state index < -0.39 is 5.82 Å². The van der Waals surface area contributed by atoms with E-state index in [-0.39, 0.29) is 28.3 Å². The number of hydrogen-bond donors (Lipinski definition) is 1. The Morgan fingerprint density at radius 1 is 1.03 bits per heavy atom. The van der Waals surface area contributed by atoms with Crippen LogP contribution in [0.2, 0.25) is 0 Å². The first-order valence-electron chi connectivity index (χ1n) is 12.1. The largest absolute Gasteiger partial charge is 0.349 e. The number of nitrogens with zero attached hydrogens (tertiary/aromatic N) is 1. The summed E-state index contributed by atoms with van der Waals surface area (Å²) in [5.41, 5.74) is 0.425. The van der Waals surface area contributed by atoms with E-state index in [2.05, 4.69) is 19.2 Å². The molecule has 1 aliphatic heterocycles. The zero-order valence-corrected chi connectivity index (χ0v) is 19.0. The summed E-state index contributed by atoms with van der Waals surface area (Å²) < 4.78 is 14.1. The smallest absolute Gasteiger partial charge is 0.254 e. The molecule has 1 heterocycles. The Morgan fingerprint density at radius 3 is 2.55 bits per heavy atom. The number of likely N-dealkylation sites (tertiary alicyclic amines) is 1. The van der Waals surface area contributed by atoms with Gasteiger partial charge < -0.3 is 10.2 Å². The lowest BCUT2D eigenvalue weighted by Gasteiger charge is -2.61. The van der Waals surface area contributed by atoms with Crippen LogP contribution in [0.25, 0.3) is 0 Å². The summed E-state index contributed by atoms with van der Waals surface area (Å²) >= 11 is 0. The van der Waals surface area contributed by atoms with Crippen molar-refractivity contribution in [1.82, 2.24) is 10.2 Å². The topological polar surface area (TPSA) is 49.4 Å². The van der Waals surface area contributed by atoms with Crippen LogP contribution >= 0.6 is 0 Å². The van der Waals surface area contributed by atoms with E-state index in [4.69, 9.17) is 0 Å². The SMILES string of the molecule is CN1C(=O)CC[C@]2(C)[C@H]3CC[C@]4(C)C(NC(=O)c5ccccc5F)CC[C@H]4[C@@H]3CC[C@@H]12. The highest BCUT2D eigenvalue weighted by atomic mass is 19.1. The van der Waals surface area contributed by atoms with Crippen molar-refractivity contribution < 1.29 is 14.0 Å². The first kappa shape index (κ1) is 21.0. The molecule has 5 heteroatoms. The fourth-order valence-electron chi connectivity index (χ4n) is 8.27. The molecule has 1 unspecified atom stereocenters. The molecule has 7 atom stereocenters. The molecular formula is C26H35FN2O2. The summed E-state index contributed by atoms with van der Waals surface area (Å²) in [6.07, 6.45) is 8.34. The number of carbonyl (C=O) groups is 2. The van der Waals surface area contributed by atoms with Crippen molar-refractivity contribution in [3.05, 3.63) is 35.6 Å². The highest BCUT2D eigenvalue weighted by Gasteiger charge is 2.61. The van der Waals surface area contributed by atoms with Gasteiger partial charge >= 0.3 is 0 Å². The summed E-state index contributed by atoms with van der Waals surface area (Å²) in [5.74, 6) is 1.48. The molecule has 0 radical (unpaired) electrons. The van der Waals surface area contributed by atoms with Crippen molar-refractivity contribution in [3.8, 4) is 0 Å². The number of benzene rings is 1. The van der Waals surface area contributed by atoms with Crippen LogP contribution in [0.1, 0.15) is 75.6 Å². The molecular weight excluding hydrogens is 391 g/mol. The molecule has 4 aliphatic rings. The van der Waals surface area contributed by atoms with Gasteiger partial charge in [0.2, 0.25) is 5.91 Å². The second-order valence-electron chi connectivity index (χ2n) is 11.1. The quantitative estimate of drug-likeness (QED) is 0.739. The van der Waals surface area contributed by atoms with Crippen molar-refractivity contribution in [1.29, 1.82) is 0 Å². The number of halogens is 1. The maximum atomic E-state index is 14.1. The molecule has 1 aromatic carbocycles. The molecule has 31 heavy (non-hydrogen) atoms. The second kappa shape index (κ2) is 7.31. The molecule has 0 aromatic heterocycles. The molecule has 168 valence electrons. The number of rotatable bonds is 2. The van der Waals surface area contributed by atoms with Crippen LogP contribution in [-0.2, 0) is 4.79 Å². The Kier molecular flexibility index (Phi) is 4.95. The Bertz CT molecular complexity index is 903. The number of amides is 2. The molecule has 3 aliphatic carbocycles. The third-order valence-corrected chi connectivity index (χ3v) is 9.98. The first-order chi connectivity index (χ1) is 14.8. The van der Waals surface area contributed by atoms with E-state index in [1.54, 1.807) is 18.2 Å². The monoisotopic (exact) mass is 426 g/mol. The minimum Gasteiger partial charge on any atom is -0.349 e. The van der Waals surface area contributed by atoms with Crippen molar-refractivity contribution in [2.75, 3.05) is 7.05 Å². The van der Waals surface area contributed by atoms with E-state index >= 15 is 0 Å². The lowest BCUT2D eigenvalue weighted by molar-refractivity contribution is -0.157. The van der Waals surface area contributed by atoms with Crippen molar-refractivity contribution in [2.24, 2.45) is 28.6 Å². The molecule has 0 spiro atoms. The van der Waals surface area contributed by atoms with E-state index in [9.17, 15) is 14.0 Å². The fourth-order valence-corrected chi connectivity index (χ4v) is 8.27. The number of fused-ring (bicyclic) bond motifs is 5. The molecule has 5 rings (SSSR count). The maximum Gasteiger partial charge on any atom is 0.254 e. The minimum absolute atomic E-state index is 0.0711. The standard InChI is InChI=1S/C26H35FN2O2/c1-25-14-12-19-16(8-11-22-26(19,2)15-13-23(30)29(22)3)18(25)9-10-21(25)28-24(31)17-6-4-5-7-20(17)27/h4-7,16,18-19,21-22H,8-15H2,1-3H3,(H,28,31)/t16-,18-,19-,21?,22+,25-,26+/m0/s1. The number of hydrogen-bond acceptors (Lipinski definition) is 2. The molecule has 1 saturated heterocycles. The second-order valence-corrected chi connectivity index (χ2v) is 11.1. The van der Waals surface area contributed by atoms with Gasteiger partial charge in [0.05, 0.1) is 5.56 Å². The molecule has 1 N–H and O–H groups in total. The molecule has 4 fully saturated rings. The predicted molar refractivity (Wildman–Crippen MR) is 118 cm³/mol. The molecule has 0 bridgehead atoms. The average Bonchev–Trinajstić information content (AvgIpc) is 3.07. The Labute approximate surface area is 185 Å². The van der Waals surface area contributed by atoms with Gasteiger partial charge in [0.15, 0.2) is 0 Å². The predicted octanol–water partition coefficient (Wildman–Crippen LogP) is 4.79. The van der Waals surface area contributed by atoms with Crippen LogP contribution in [-0.4, -0.2) is 35.8 Å². The summed E-state index contributed by atoms with van der Waals surface area (Å²) in [7, 11) is 2.00. The zero-order valence-electron chi connectivity index (χ0n) is 19.0. The fraction of sp³-hybridized carbons (Fsp3) is 0.692. The van der Waals surface area contributed by atoms with Crippen molar-refractivity contribution in [3.63, 3.8) is 0 Å². The summed E-state index contributed by atoms with van der Waals surface area (Å²) in [6.45, 7) is 4.80. The van der Waals surface area contributed by atoms with Gasteiger partial charge in [-0.3, -0.25) is 9.59 Å². The maximum absolute atomic E-state index is 14.1. The Hall–Kier alpha value is -1.91. The van der Waals surface area contributed by atoms with Gasteiger partial charge in [0, 0.05) is 25.6 Å². The van der Waals surface area contributed by atoms with Crippen LogP contribution in [0.4, 0.5) is 4.39 Å². The third kappa shape index (κ3) is 3.06. The molecule has 1 aromatic rings. The van der Waals surface area contributed by atoms with Crippen LogP contribution in [0.3, 0.4) is 0 Å². The number of piperidine rings is 1. The number of carbonyl (C=O) groups excluding carboxylic acids is 2. The van der Waals surface area contributed by atoms with Gasteiger partial charge in [0.25, 0.3) is 5.91 Å². The van der Waals surface area contributed by atoms with Crippen molar-refractivity contribution >= 4 is 11.8 Å². The lowest BCUT2D eigenvalue weighted by atomic mass is 9.47. The minimum atomic E-state index is -0.453. The average molecular weight is 427 g/mol. The van der Waals surface area contributed by atoms with E-state index in [0.29, 0.717) is 36.1 Å². The van der Waals surface area contributed by atoms with E-state index in [1.807, 2.05) is 11.9 Å². The highest BCUT2D eigenvalue weighted by molar-refractivity contribution is 5.94. The summed E-state index contributed by atoms with van der Waals surface area (Å²) in [4.78, 5) is 27.2. The van der Waals surface area contributed by atoms with Gasteiger partial charge in [-0.2, -0.15) is 0 Å². The lowest BCUT2D eigenvalue weighted by Crippen LogP contribution is -2.62. The van der Waals surface area contributed by atoms with Gasteiger partial charge in [-0.1, -0.05) is 26.0 Å². The van der Waals surface area contributed by atoms with Gasteiger partial charge in [-0.15, -0.1) is 0 Å². The zero-order chi connectivity index (χ0) is 22.0. The van der Waals surface area contributed by atoms with Crippen LogP contribution in [0, 0.1) is 34.4 Å². The van der Waals surface area contributed by atoms with E-state index in [1.165, 1.54) is 18.9 Å². The Morgan fingerprint density at radius 2 is 1.77 bits per heavy atom. The summed E-state index contributed by atoms with van der Waals surface area (Å²) in [5, 5.41) is 3.22. The van der Waals surface area contributed by atoms with Crippen molar-refractivity contribution in [2.45, 2.75) is 77.3 Å². The van der Waals surface area contributed by atoms with Crippen LogP contribution in [0.15, 0.2) is 24.3 Å². The normalized spacial score (nSPS) is 41.9. The summed E-state index contributed by atoms with van der Waals surface area (Å²) in [6, 6.07) is 6.73. The first-order valence-corrected chi connectivity index (χ1v) is 12.1. The highest BCUT2D eigenvalue weighted by Crippen LogP contribution is 2.64. The van der Waals surface area contributed by atoms with Crippen LogP contribution in [0.5, 0.6) is 0 Å². The van der Waals surface area contributed by atoms with E-state index in [0.717, 1.165) is 32.1 Å². The third-order valence-electron chi connectivity index (χ3n) is 9.98. The number of nitrogens with one attached hydrogen (secondary N) is 1. The molecule has 3 saturated carbocycles. The van der Waals surface area contributed by atoms with Gasteiger partial charge in [-0.05, 0) is 85.7 Å². The Balaban J connectivity index is 1.36. The van der Waals surface area contributed by atoms with Crippen LogP contribution < -0.4 is 5.32 Å². The molecule has 2 amide bonds. The van der Waals surface area contributed by atoms with Gasteiger partial charge in [-0.25, -0.2) is 4.39 Å².